The van der Waals surface area contributed by atoms with E-state index >= 15 is 0 Å². The number of benzene rings is 1. The molecule has 0 spiro atoms. The summed E-state index contributed by atoms with van der Waals surface area (Å²) in [5.74, 6) is -0.872. The molecule has 1 saturated heterocycles. The summed E-state index contributed by atoms with van der Waals surface area (Å²) in [6.07, 6.45) is 0.608. The smallest absolute Gasteiger partial charge is 0.246 e. The number of morpholine rings is 1. The van der Waals surface area contributed by atoms with Crippen LogP contribution in [0.25, 0.3) is 0 Å². The zero-order valence-electron chi connectivity index (χ0n) is 11.5. The number of ether oxygens (including phenoxy) is 1. The Hall–Kier alpha value is -0.210. The third-order valence-corrected chi connectivity index (χ3v) is 6.15. The maximum absolute atomic E-state index is 14.4. The minimum absolute atomic E-state index is 0.0892. The van der Waals surface area contributed by atoms with Gasteiger partial charge in [-0.3, -0.25) is 0 Å². The fourth-order valence-electron chi connectivity index (χ4n) is 2.31. The molecule has 0 amide bonds. The molecule has 8 heteroatoms. The van der Waals surface area contributed by atoms with Crippen LogP contribution in [0.5, 0.6) is 0 Å². The zero-order chi connectivity index (χ0) is 15.6. The third kappa shape index (κ3) is 3.42. The van der Waals surface area contributed by atoms with Crippen molar-refractivity contribution in [2.45, 2.75) is 30.2 Å². The van der Waals surface area contributed by atoms with Gasteiger partial charge >= 0.3 is 0 Å². The molecule has 1 atom stereocenters. The minimum Gasteiger partial charge on any atom is -0.378 e. The van der Waals surface area contributed by atoms with Gasteiger partial charge in [-0.15, -0.1) is 11.6 Å². The van der Waals surface area contributed by atoms with E-state index in [4.69, 9.17) is 16.3 Å². The highest BCUT2D eigenvalue weighted by Gasteiger charge is 2.35. The van der Waals surface area contributed by atoms with Crippen molar-refractivity contribution in [3.8, 4) is 0 Å². The van der Waals surface area contributed by atoms with E-state index in [0.717, 1.165) is 0 Å². The SMILES string of the molecule is CCC1COCCN1S(=O)(=O)c1cc(Br)cc(CCl)c1F. The Kier molecular flexibility index (Phi) is 5.65. The molecular formula is C13H16BrClFNO3S. The van der Waals surface area contributed by atoms with E-state index in [9.17, 15) is 12.8 Å². The van der Waals surface area contributed by atoms with Crippen LogP contribution in [-0.2, 0) is 20.6 Å². The van der Waals surface area contributed by atoms with Crippen molar-refractivity contribution in [1.29, 1.82) is 0 Å². The molecule has 1 heterocycles. The van der Waals surface area contributed by atoms with Gasteiger partial charge in [0.2, 0.25) is 10.0 Å². The van der Waals surface area contributed by atoms with Crippen molar-refractivity contribution < 1.29 is 17.5 Å². The van der Waals surface area contributed by atoms with Crippen LogP contribution in [0, 0.1) is 5.82 Å². The Morgan fingerprint density at radius 3 is 2.86 bits per heavy atom. The van der Waals surface area contributed by atoms with Crippen molar-refractivity contribution >= 4 is 37.6 Å². The Morgan fingerprint density at radius 1 is 1.52 bits per heavy atom. The molecule has 1 aromatic rings. The Balaban J connectivity index is 2.50. The lowest BCUT2D eigenvalue weighted by Crippen LogP contribution is -2.48. The second-order valence-corrected chi connectivity index (χ2v) is 7.81. The summed E-state index contributed by atoms with van der Waals surface area (Å²) in [6, 6.07) is 2.49. The van der Waals surface area contributed by atoms with Gasteiger partial charge in [0, 0.05) is 22.6 Å². The Labute approximate surface area is 137 Å². The predicted octanol–water partition coefficient (Wildman–Crippen LogP) is 3.13. The van der Waals surface area contributed by atoms with E-state index in [-0.39, 0.29) is 28.9 Å². The molecule has 1 aliphatic rings. The second-order valence-electron chi connectivity index (χ2n) is 4.76. The molecule has 1 aliphatic heterocycles. The first-order valence-electron chi connectivity index (χ1n) is 6.55. The number of halogens is 3. The summed E-state index contributed by atoms with van der Waals surface area (Å²) in [7, 11) is -3.92. The van der Waals surface area contributed by atoms with Crippen LogP contribution < -0.4 is 0 Å². The molecule has 1 aromatic carbocycles. The van der Waals surface area contributed by atoms with E-state index < -0.39 is 15.8 Å². The highest BCUT2D eigenvalue weighted by molar-refractivity contribution is 9.10. The van der Waals surface area contributed by atoms with Crippen LogP contribution in [0.4, 0.5) is 4.39 Å². The number of rotatable bonds is 4. The van der Waals surface area contributed by atoms with Crippen molar-refractivity contribution in [2.24, 2.45) is 0 Å². The number of hydrogen-bond donors (Lipinski definition) is 0. The molecule has 2 rings (SSSR count). The molecule has 0 aliphatic carbocycles. The van der Waals surface area contributed by atoms with Crippen molar-refractivity contribution in [3.05, 3.63) is 28.0 Å². The average Bonchev–Trinajstić information content (AvgIpc) is 2.48. The van der Waals surface area contributed by atoms with E-state index in [1.807, 2.05) is 6.92 Å². The van der Waals surface area contributed by atoms with Gasteiger partial charge in [-0.2, -0.15) is 4.31 Å². The normalized spacial score (nSPS) is 20.7. The molecule has 0 bridgehead atoms. The van der Waals surface area contributed by atoms with Crippen LogP contribution in [0.2, 0.25) is 0 Å². The van der Waals surface area contributed by atoms with Crippen LogP contribution >= 0.6 is 27.5 Å². The number of hydrogen-bond acceptors (Lipinski definition) is 3. The number of sulfonamides is 1. The first-order chi connectivity index (χ1) is 9.91. The van der Waals surface area contributed by atoms with Gasteiger partial charge in [-0.05, 0) is 18.6 Å². The lowest BCUT2D eigenvalue weighted by Gasteiger charge is -2.34. The van der Waals surface area contributed by atoms with Crippen molar-refractivity contribution in [3.63, 3.8) is 0 Å². The molecular weight excluding hydrogens is 385 g/mol. The predicted molar refractivity (Wildman–Crippen MR) is 82.4 cm³/mol. The van der Waals surface area contributed by atoms with Gasteiger partial charge in [0.15, 0.2) is 0 Å². The maximum Gasteiger partial charge on any atom is 0.246 e. The van der Waals surface area contributed by atoms with Crippen LogP contribution in [0.15, 0.2) is 21.5 Å². The third-order valence-electron chi connectivity index (χ3n) is 3.45. The van der Waals surface area contributed by atoms with E-state index in [2.05, 4.69) is 15.9 Å². The molecule has 0 radical (unpaired) electrons. The quantitative estimate of drug-likeness (QED) is 0.730. The Bertz CT molecular complexity index is 626. The van der Waals surface area contributed by atoms with Gasteiger partial charge in [0.25, 0.3) is 0 Å². The molecule has 21 heavy (non-hydrogen) atoms. The lowest BCUT2D eigenvalue weighted by molar-refractivity contribution is 0.0313. The lowest BCUT2D eigenvalue weighted by atomic mass is 10.2. The fourth-order valence-corrected chi connectivity index (χ4v) is 4.96. The summed E-state index contributed by atoms with van der Waals surface area (Å²) in [5, 5.41) is 0. The molecule has 4 nitrogen and oxygen atoms in total. The maximum atomic E-state index is 14.4. The molecule has 1 fully saturated rings. The largest absolute Gasteiger partial charge is 0.378 e. The van der Waals surface area contributed by atoms with E-state index in [0.29, 0.717) is 24.1 Å². The molecule has 118 valence electrons. The highest BCUT2D eigenvalue weighted by Crippen LogP contribution is 2.29. The van der Waals surface area contributed by atoms with E-state index in [1.54, 1.807) is 0 Å². The van der Waals surface area contributed by atoms with Crippen LogP contribution in [0.3, 0.4) is 0 Å². The van der Waals surface area contributed by atoms with Gasteiger partial charge in [0.05, 0.1) is 19.1 Å². The average molecular weight is 401 g/mol. The van der Waals surface area contributed by atoms with Crippen molar-refractivity contribution in [1.82, 2.24) is 4.31 Å². The Morgan fingerprint density at radius 2 is 2.24 bits per heavy atom. The molecule has 1 unspecified atom stereocenters. The highest BCUT2D eigenvalue weighted by atomic mass is 79.9. The van der Waals surface area contributed by atoms with Gasteiger partial charge in [-0.25, -0.2) is 12.8 Å². The second kappa shape index (κ2) is 6.91. The van der Waals surface area contributed by atoms with Crippen LogP contribution in [0.1, 0.15) is 18.9 Å². The summed E-state index contributed by atoms with van der Waals surface area (Å²) in [5.41, 5.74) is 0.158. The minimum atomic E-state index is -3.92. The summed E-state index contributed by atoms with van der Waals surface area (Å²) in [4.78, 5) is -0.340. The first-order valence-corrected chi connectivity index (χ1v) is 9.32. The summed E-state index contributed by atoms with van der Waals surface area (Å²) in [6.45, 7) is 2.74. The number of alkyl halides is 1. The van der Waals surface area contributed by atoms with Gasteiger partial charge < -0.3 is 4.74 Å². The molecule has 0 saturated carbocycles. The summed E-state index contributed by atoms with van der Waals surface area (Å²) >= 11 is 8.88. The van der Waals surface area contributed by atoms with E-state index in [1.165, 1.54) is 16.4 Å². The van der Waals surface area contributed by atoms with Crippen molar-refractivity contribution in [2.75, 3.05) is 19.8 Å². The zero-order valence-corrected chi connectivity index (χ0v) is 14.6. The summed E-state index contributed by atoms with van der Waals surface area (Å²) < 4.78 is 47.0. The molecule has 0 aromatic heterocycles. The van der Waals surface area contributed by atoms with Gasteiger partial charge in [-0.1, -0.05) is 22.9 Å². The monoisotopic (exact) mass is 399 g/mol. The molecule has 0 N–H and O–H groups in total. The standard InChI is InChI=1S/C13H16BrClFNO3S/c1-2-11-8-20-4-3-17(11)21(18,19)12-6-10(14)5-9(7-15)13(12)16/h5-6,11H,2-4,7-8H2,1H3. The number of nitrogens with zero attached hydrogens (tertiary/aromatic N) is 1. The fraction of sp³-hybridized carbons (Fsp3) is 0.538. The van der Waals surface area contributed by atoms with Gasteiger partial charge in [0.1, 0.15) is 10.7 Å². The topological polar surface area (TPSA) is 46.6 Å². The van der Waals surface area contributed by atoms with Crippen LogP contribution in [-0.4, -0.2) is 38.5 Å². The first kappa shape index (κ1) is 17.1.